The summed E-state index contributed by atoms with van der Waals surface area (Å²) in [6, 6.07) is 16.5. The Morgan fingerprint density at radius 1 is 0.900 bits per heavy atom. The van der Waals surface area contributed by atoms with Crippen LogP contribution in [-0.4, -0.2) is 68.2 Å². The van der Waals surface area contributed by atoms with E-state index in [9.17, 15) is 0 Å². The van der Waals surface area contributed by atoms with E-state index in [1.165, 1.54) is 16.8 Å². The third kappa shape index (κ3) is 5.45. The van der Waals surface area contributed by atoms with Crippen LogP contribution in [0.4, 0.5) is 5.69 Å². The summed E-state index contributed by atoms with van der Waals surface area (Å²) < 4.78 is 5.46. The Kier molecular flexibility index (Phi) is 7.10. The second-order valence-electron chi connectivity index (χ2n) is 7.78. The zero-order chi connectivity index (χ0) is 20.8. The minimum atomic E-state index is 0.615. The number of piperazine rings is 1. The molecule has 30 heavy (non-hydrogen) atoms. The van der Waals surface area contributed by atoms with Gasteiger partial charge in [-0.05, 0) is 35.4 Å². The fourth-order valence-corrected chi connectivity index (χ4v) is 4.10. The van der Waals surface area contributed by atoms with Gasteiger partial charge in [0.2, 0.25) is 0 Å². The van der Waals surface area contributed by atoms with Crippen molar-refractivity contribution in [3.63, 3.8) is 0 Å². The number of benzene rings is 2. The Labute approximate surface area is 183 Å². The summed E-state index contributed by atoms with van der Waals surface area (Å²) >= 11 is 6.00. The lowest BCUT2D eigenvalue weighted by molar-refractivity contribution is 0.0341. The summed E-state index contributed by atoms with van der Waals surface area (Å²) in [5.74, 6) is 0.631. The van der Waals surface area contributed by atoms with Gasteiger partial charge in [-0.3, -0.25) is 4.90 Å². The number of ether oxygens (including phenoxy) is 1. The van der Waals surface area contributed by atoms with E-state index in [2.05, 4.69) is 51.1 Å². The maximum absolute atomic E-state index is 6.35. The quantitative estimate of drug-likeness (QED) is 0.587. The van der Waals surface area contributed by atoms with Crippen LogP contribution in [0.5, 0.6) is 0 Å². The molecule has 2 aliphatic heterocycles. The van der Waals surface area contributed by atoms with Gasteiger partial charge in [0.25, 0.3) is 0 Å². The monoisotopic (exact) mass is 427 g/mol. The summed E-state index contributed by atoms with van der Waals surface area (Å²) in [4.78, 5) is 11.7. The predicted molar refractivity (Wildman–Crippen MR) is 123 cm³/mol. The first-order valence-corrected chi connectivity index (χ1v) is 11.0. The van der Waals surface area contributed by atoms with Gasteiger partial charge in [0.15, 0.2) is 5.96 Å². The van der Waals surface area contributed by atoms with Crippen molar-refractivity contribution in [3.8, 4) is 0 Å². The summed E-state index contributed by atoms with van der Waals surface area (Å²) in [5, 5.41) is 0.766. The maximum atomic E-state index is 6.35. The zero-order valence-corrected chi connectivity index (χ0v) is 18.1. The molecule has 7 heteroatoms. The Bertz CT molecular complexity index is 843. The second kappa shape index (κ2) is 10.2. The molecule has 4 rings (SSSR count). The molecule has 2 aromatic carbocycles. The lowest BCUT2D eigenvalue weighted by Crippen LogP contribution is -2.51. The molecule has 2 aliphatic rings. The number of morpholine rings is 1. The first kappa shape index (κ1) is 21.0. The summed E-state index contributed by atoms with van der Waals surface area (Å²) in [6.07, 6.45) is 0. The fraction of sp³-hybridized carbons (Fsp3) is 0.435. The largest absolute Gasteiger partial charge is 0.379 e. The number of nitrogens with two attached hydrogens (primary N) is 1. The molecule has 0 aliphatic carbocycles. The molecular weight excluding hydrogens is 398 g/mol. The Morgan fingerprint density at radius 3 is 2.27 bits per heavy atom. The standard InChI is InChI=1S/C23H30ClN5O/c24-21-5-7-22(8-6-21)28-9-11-29(12-10-28)23(25)26-17-19-3-1-2-4-20(19)18-27-13-15-30-16-14-27/h1-8H,9-18H2,(H2,25,26). The van der Waals surface area contributed by atoms with Crippen LogP contribution in [-0.2, 0) is 17.8 Å². The van der Waals surface area contributed by atoms with E-state index in [0.717, 1.165) is 64.0 Å². The van der Waals surface area contributed by atoms with E-state index in [4.69, 9.17) is 27.1 Å². The summed E-state index contributed by atoms with van der Waals surface area (Å²) in [7, 11) is 0. The van der Waals surface area contributed by atoms with Crippen LogP contribution >= 0.6 is 11.6 Å². The van der Waals surface area contributed by atoms with Crippen molar-refractivity contribution in [1.29, 1.82) is 0 Å². The van der Waals surface area contributed by atoms with Gasteiger partial charge in [-0.25, -0.2) is 4.99 Å². The minimum Gasteiger partial charge on any atom is -0.379 e. The number of hydrogen-bond acceptors (Lipinski definition) is 4. The van der Waals surface area contributed by atoms with Crippen molar-refractivity contribution < 1.29 is 4.74 Å². The van der Waals surface area contributed by atoms with E-state index >= 15 is 0 Å². The fourth-order valence-electron chi connectivity index (χ4n) is 3.98. The highest BCUT2D eigenvalue weighted by Gasteiger charge is 2.19. The number of halogens is 1. The molecule has 2 fully saturated rings. The number of nitrogens with zero attached hydrogens (tertiary/aromatic N) is 4. The van der Waals surface area contributed by atoms with E-state index < -0.39 is 0 Å². The molecule has 2 N–H and O–H groups in total. The molecule has 0 amide bonds. The number of guanidine groups is 1. The van der Waals surface area contributed by atoms with Crippen LogP contribution in [0.15, 0.2) is 53.5 Å². The van der Waals surface area contributed by atoms with Crippen molar-refractivity contribution in [2.24, 2.45) is 10.7 Å². The predicted octanol–water partition coefficient (Wildman–Crippen LogP) is 2.81. The van der Waals surface area contributed by atoms with Gasteiger partial charge in [-0.2, -0.15) is 0 Å². The molecule has 0 aromatic heterocycles. The maximum Gasteiger partial charge on any atom is 0.191 e. The number of rotatable bonds is 5. The molecule has 2 heterocycles. The van der Waals surface area contributed by atoms with Gasteiger partial charge in [0, 0.05) is 56.5 Å². The van der Waals surface area contributed by atoms with Crippen LogP contribution in [0.3, 0.4) is 0 Å². The SMILES string of the molecule is NC(=NCc1ccccc1CN1CCOCC1)N1CCN(c2ccc(Cl)cc2)CC1. The minimum absolute atomic E-state index is 0.615. The Balaban J connectivity index is 1.33. The normalized spacial score (nSPS) is 18.6. The molecule has 160 valence electrons. The van der Waals surface area contributed by atoms with E-state index in [0.29, 0.717) is 12.5 Å². The molecule has 0 saturated carbocycles. The number of hydrogen-bond donors (Lipinski definition) is 1. The lowest BCUT2D eigenvalue weighted by atomic mass is 10.1. The Morgan fingerprint density at radius 2 is 1.57 bits per heavy atom. The average molecular weight is 428 g/mol. The van der Waals surface area contributed by atoms with Crippen LogP contribution in [0.25, 0.3) is 0 Å². The molecular formula is C23H30ClN5O. The first-order chi connectivity index (χ1) is 14.7. The van der Waals surface area contributed by atoms with Crippen molar-refractivity contribution in [2.45, 2.75) is 13.1 Å². The highest BCUT2D eigenvalue weighted by Crippen LogP contribution is 2.19. The van der Waals surface area contributed by atoms with Gasteiger partial charge in [-0.1, -0.05) is 35.9 Å². The van der Waals surface area contributed by atoms with Crippen LogP contribution in [0.2, 0.25) is 5.02 Å². The van der Waals surface area contributed by atoms with Crippen LogP contribution in [0, 0.1) is 0 Å². The molecule has 2 saturated heterocycles. The second-order valence-corrected chi connectivity index (χ2v) is 8.22. The van der Waals surface area contributed by atoms with Crippen LogP contribution in [0.1, 0.15) is 11.1 Å². The van der Waals surface area contributed by atoms with Crippen molar-refractivity contribution in [3.05, 3.63) is 64.7 Å². The third-order valence-corrected chi connectivity index (χ3v) is 6.07. The first-order valence-electron chi connectivity index (χ1n) is 10.6. The number of aliphatic imine (C=N–C) groups is 1. The lowest BCUT2D eigenvalue weighted by Gasteiger charge is -2.36. The average Bonchev–Trinajstić information content (AvgIpc) is 2.80. The third-order valence-electron chi connectivity index (χ3n) is 5.82. The smallest absolute Gasteiger partial charge is 0.191 e. The zero-order valence-electron chi connectivity index (χ0n) is 17.3. The highest BCUT2D eigenvalue weighted by molar-refractivity contribution is 6.30. The molecule has 0 unspecified atom stereocenters. The van der Waals surface area contributed by atoms with Crippen molar-refractivity contribution >= 4 is 23.2 Å². The highest BCUT2D eigenvalue weighted by atomic mass is 35.5. The van der Waals surface area contributed by atoms with Gasteiger partial charge < -0.3 is 20.3 Å². The van der Waals surface area contributed by atoms with Gasteiger partial charge in [-0.15, -0.1) is 0 Å². The number of anilines is 1. The van der Waals surface area contributed by atoms with Gasteiger partial charge in [0.05, 0.1) is 19.8 Å². The van der Waals surface area contributed by atoms with Gasteiger partial charge >= 0.3 is 0 Å². The molecule has 0 atom stereocenters. The molecule has 6 nitrogen and oxygen atoms in total. The van der Waals surface area contributed by atoms with Crippen molar-refractivity contribution in [1.82, 2.24) is 9.80 Å². The van der Waals surface area contributed by atoms with Crippen molar-refractivity contribution in [2.75, 3.05) is 57.4 Å². The molecule has 0 spiro atoms. The van der Waals surface area contributed by atoms with Gasteiger partial charge in [0.1, 0.15) is 0 Å². The molecule has 0 bridgehead atoms. The molecule has 0 radical (unpaired) electrons. The Hall–Kier alpha value is -2.28. The summed E-state index contributed by atoms with van der Waals surface area (Å²) in [6.45, 7) is 8.73. The topological polar surface area (TPSA) is 57.3 Å². The summed E-state index contributed by atoms with van der Waals surface area (Å²) in [5.41, 5.74) is 10.1. The molecule has 2 aromatic rings. The van der Waals surface area contributed by atoms with E-state index in [-0.39, 0.29) is 0 Å². The van der Waals surface area contributed by atoms with E-state index in [1.54, 1.807) is 0 Å². The van der Waals surface area contributed by atoms with E-state index in [1.807, 2.05) is 12.1 Å². The van der Waals surface area contributed by atoms with Crippen LogP contribution < -0.4 is 10.6 Å².